The molecular formula is C29H32Cl2N2O2S. The van der Waals surface area contributed by atoms with Crippen LogP contribution >= 0.6 is 35.0 Å². The minimum atomic E-state index is -0.650. The van der Waals surface area contributed by atoms with Crippen LogP contribution in [0.25, 0.3) is 0 Å². The van der Waals surface area contributed by atoms with E-state index in [4.69, 9.17) is 23.2 Å². The first-order chi connectivity index (χ1) is 17.5. The van der Waals surface area contributed by atoms with Crippen LogP contribution in [-0.4, -0.2) is 35.1 Å². The van der Waals surface area contributed by atoms with Gasteiger partial charge in [0, 0.05) is 25.3 Å². The molecule has 0 bridgehead atoms. The van der Waals surface area contributed by atoms with Crippen LogP contribution in [0.5, 0.6) is 0 Å². The van der Waals surface area contributed by atoms with Gasteiger partial charge in [-0.25, -0.2) is 0 Å². The fourth-order valence-electron chi connectivity index (χ4n) is 3.81. The molecule has 3 aromatic carbocycles. The predicted molar refractivity (Wildman–Crippen MR) is 151 cm³/mol. The van der Waals surface area contributed by atoms with E-state index in [2.05, 4.69) is 12.2 Å². The number of nitrogens with one attached hydrogen (secondary N) is 1. The van der Waals surface area contributed by atoms with Crippen molar-refractivity contribution < 1.29 is 9.59 Å². The van der Waals surface area contributed by atoms with Gasteiger partial charge in [-0.1, -0.05) is 103 Å². The van der Waals surface area contributed by atoms with Gasteiger partial charge < -0.3 is 10.2 Å². The first-order valence-electron chi connectivity index (χ1n) is 12.1. The number of amides is 2. The SMILES string of the molecule is CCCCNC(=O)C(Cc1ccccc1)N(Cc1ccc(Cl)c(Cl)c1)C(=O)CSCc1ccccc1. The predicted octanol–water partition coefficient (Wildman–Crippen LogP) is 6.78. The fourth-order valence-corrected chi connectivity index (χ4v) is 5.00. The van der Waals surface area contributed by atoms with E-state index in [0.717, 1.165) is 35.3 Å². The highest BCUT2D eigenvalue weighted by molar-refractivity contribution is 7.99. The number of rotatable bonds is 13. The van der Waals surface area contributed by atoms with Gasteiger partial charge in [-0.3, -0.25) is 9.59 Å². The molecule has 2 amide bonds. The number of nitrogens with zero attached hydrogens (tertiary/aromatic N) is 1. The molecule has 4 nitrogen and oxygen atoms in total. The third kappa shape index (κ3) is 8.88. The van der Waals surface area contributed by atoms with Crippen molar-refractivity contribution in [2.24, 2.45) is 0 Å². The molecule has 3 rings (SSSR count). The number of unbranched alkanes of at least 4 members (excludes halogenated alkanes) is 1. The van der Waals surface area contributed by atoms with Crippen molar-refractivity contribution >= 4 is 46.8 Å². The summed E-state index contributed by atoms with van der Waals surface area (Å²) in [6.07, 6.45) is 2.29. The Morgan fingerprint density at radius 1 is 0.889 bits per heavy atom. The summed E-state index contributed by atoms with van der Waals surface area (Å²) in [6, 6.07) is 24.5. The Bertz CT molecular complexity index is 1110. The third-order valence-corrected chi connectivity index (χ3v) is 7.50. The maximum atomic E-state index is 13.6. The highest BCUT2D eigenvalue weighted by atomic mass is 35.5. The molecule has 0 aromatic heterocycles. The minimum Gasteiger partial charge on any atom is -0.354 e. The Morgan fingerprint density at radius 2 is 1.56 bits per heavy atom. The zero-order valence-electron chi connectivity index (χ0n) is 20.5. The second-order valence-corrected chi connectivity index (χ2v) is 10.4. The van der Waals surface area contributed by atoms with E-state index in [1.54, 1.807) is 28.8 Å². The van der Waals surface area contributed by atoms with Gasteiger partial charge >= 0.3 is 0 Å². The molecule has 0 saturated carbocycles. The molecule has 0 fully saturated rings. The molecule has 0 aliphatic heterocycles. The van der Waals surface area contributed by atoms with Gasteiger partial charge in [-0.2, -0.15) is 0 Å². The molecular weight excluding hydrogens is 511 g/mol. The lowest BCUT2D eigenvalue weighted by Crippen LogP contribution is -2.51. The highest BCUT2D eigenvalue weighted by Crippen LogP contribution is 2.25. The van der Waals surface area contributed by atoms with E-state index in [0.29, 0.717) is 23.0 Å². The van der Waals surface area contributed by atoms with Gasteiger partial charge in [0.1, 0.15) is 6.04 Å². The zero-order chi connectivity index (χ0) is 25.8. The van der Waals surface area contributed by atoms with Crippen LogP contribution in [0.2, 0.25) is 10.0 Å². The fraction of sp³-hybridized carbons (Fsp3) is 0.310. The van der Waals surface area contributed by atoms with Crippen molar-refractivity contribution in [3.8, 4) is 0 Å². The van der Waals surface area contributed by atoms with E-state index in [1.807, 2.05) is 66.7 Å². The summed E-state index contributed by atoms with van der Waals surface area (Å²) >= 11 is 13.9. The van der Waals surface area contributed by atoms with Crippen LogP contribution in [0, 0.1) is 0 Å². The lowest BCUT2D eigenvalue weighted by molar-refractivity contribution is -0.139. The number of carbonyl (C=O) groups excluding carboxylic acids is 2. The molecule has 7 heteroatoms. The van der Waals surface area contributed by atoms with Gasteiger partial charge in [-0.05, 0) is 35.2 Å². The molecule has 190 valence electrons. The van der Waals surface area contributed by atoms with Crippen LogP contribution in [0.15, 0.2) is 78.9 Å². The molecule has 1 N–H and O–H groups in total. The summed E-state index contributed by atoms with van der Waals surface area (Å²) in [6.45, 7) is 2.93. The van der Waals surface area contributed by atoms with Gasteiger partial charge in [0.05, 0.1) is 15.8 Å². The lowest BCUT2D eigenvalue weighted by Gasteiger charge is -2.31. The largest absolute Gasteiger partial charge is 0.354 e. The van der Waals surface area contributed by atoms with Gasteiger partial charge in [0.2, 0.25) is 11.8 Å². The molecule has 0 heterocycles. The summed E-state index contributed by atoms with van der Waals surface area (Å²) in [5, 5.41) is 3.92. The van der Waals surface area contributed by atoms with Crippen molar-refractivity contribution in [3.05, 3.63) is 106 Å². The number of carbonyl (C=O) groups is 2. The van der Waals surface area contributed by atoms with E-state index < -0.39 is 6.04 Å². The molecule has 36 heavy (non-hydrogen) atoms. The molecule has 0 saturated heterocycles. The number of hydrogen-bond donors (Lipinski definition) is 1. The Morgan fingerprint density at radius 3 is 2.19 bits per heavy atom. The molecule has 1 atom stereocenters. The molecule has 0 radical (unpaired) electrons. The molecule has 0 aliphatic rings. The van der Waals surface area contributed by atoms with Gasteiger partial charge in [-0.15, -0.1) is 11.8 Å². The van der Waals surface area contributed by atoms with Gasteiger partial charge in [0.25, 0.3) is 0 Å². The van der Waals surface area contributed by atoms with Crippen molar-refractivity contribution in [2.75, 3.05) is 12.3 Å². The molecule has 3 aromatic rings. The van der Waals surface area contributed by atoms with E-state index in [1.165, 1.54) is 0 Å². The van der Waals surface area contributed by atoms with Gasteiger partial charge in [0.15, 0.2) is 0 Å². The monoisotopic (exact) mass is 542 g/mol. The number of halogens is 2. The average Bonchev–Trinajstić information content (AvgIpc) is 2.89. The van der Waals surface area contributed by atoms with E-state index in [-0.39, 0.29) is 24.1 Å². The summed E-state index contributed by atoms with van der Waals surface area (Å²) < 4.78 is 0. The number of benzene rings is 3. The third-order valence-electron chi connectivity index (χ3n) is 5.77. The van der Waals surface area contributed by atoms with Crippen molar-refractivity contribution in [3.63, 3.8) is 0 Å². The Balaban J connectivity index is 1.85. The normalized spacial score (nSPS) is 11.6. The van der Waals surface area contributed by atoms with Crippen molar-refractivity contribution in [1.29, 1.82) is 0 Å². The summed E-state index contributed by atoms with van der Waals surface area (Å²) in [7, 11) is 0. The van der Waals surface area contributed by atoms with E-state index in [9.17, 15) is 9.59 Å². The van der Waals surface area contributed by atoms with Crippen LogP contribution < -0.4 is 5.32 Å². The maximum absolute atomic E-state index is 13.6. The Hall–Kier alpha value is -2.47. The average molecular weight is 544 g/mol. The second kappa shape index (κ2) is 14.9. The summed E-state index contributed by atoms with van der Waals surface area (Å²) in [5.41, 5.74) is 2.98. The van der Waals surface area contributed by atoms with Crippen molar-refractivity contribution in [1.82, 2.24) is 10.2 Å². The van der Waals surface area contributed by atoms with Crippen LogP contribution in [0.1, 0.15) is 36.5 Å². The van der Waals surface area contributed by atoms with Crippen LogP contribution in [0.3, 0.4) is 0 Å². The number of thioether (sulfide) groups is 1. The Kier molecular flexibility index (Phi) is 11.7. The zero-order valence-corrected chi connectivity index (χ0v) is 22.8. The topological polar surface area (TPSA) is 49.4 Å². The molecule has 0 aliphatic carbocycles. The Labute approximate surface area is 228 Å². The van der Waals surface area contributed by atoms with Crippen molar-refractivity contribution in [2.45, 2.75) is 44.5 Å². The lowest BCUT2D eigenvalue weighted by atomic mass is 10.0. The summed E-state index contributed by atoms with van der Waals surface area (Å²) in [4.78, 5) is 28.7. The van der Waals surface area contributed by atoms with Crippen LogP contribution in [0.4, 0.5) is 0 Å². The summed E-state index contributed by atoms with van der Waals surface area (Å²) in [5.74, 6) is 0.755. The minimum absolute atomic E-state index is 0.0893. The first kappa shape index (κ1) is 28.1. The van der Waals surface area contributed by atoms with E-state index >= 15 is 0 Å². The quantitative estimate of drug-likeness (QED) is 0.242. The molecule has 1 unspecified atom stereocenters. The maximum Gasteiger partial charge on any atom is 0.243 e. The standard InChI is InChI=1S/C29H32Cl2N2O2S/c1-2-3-16-32-29(35)27(18-22-10-6-4-7-11-22)33(19-24-14-15-25(30)26(31)17-24)28(34)21-36-20-23-12-8-5-9-13-23/h4-15,17,27H,2-3,16,18-21H2,1H3,(H,32,35). The second-order valence-electron chi connectivity index (χ2n) is 8.60. The smallest absolute Gasteiger partial charge is 0.243 e. The highest BCUT2D eigenvalue weighted by Gasteiger charge is 2.30. The molecule has 0 spiro atoms. The first-order valence-corrected chi connectivity index (χ1v) is 14.1. The van der Waals surface area contributed by atoms with Crippen LogP contribution in [-0.2, 0) is 28.3 Å². The number of hydrogen-bond acceptors (Lipinski definition) is 3.